The van der Waals surface area contributed by atoms with Crippen LogP contribution in [0.1, 0.15) is 23.8 Å². The maximum Gasteiger partial charge on any atom is 0.242 e. The second-order valence-corrected chi connectivity index (χ2v) is 8.20. The van der Waals surface area contributed by atoms with Crippen molar-refractivity contribution in [3.8, 4) is 0 Å². The van der Waals surface area contributed by atoms with Crippen molar-refractivity contribution in [1.82, 2.24) is 9.62 Å². The van der Waals surface area contributed by atoms with Crippen LogP contribution in [0.5, 0.6) is 0 Å². The highest BCUT2D eigenvalue weighted by atomic mass is 32.2. The predicted octanol–water partition coefficient (Wildman–Crippen LogP) is 1.17. The number of aryl methyl sites for hydroxylation is 1. The smallest absolute Gasteiger partial charge is 0.242 e. The van der Waals surface area contributed by atoms with Crippen molar-refractivity contribution in [3.05, 3.63) is 15.8 Å². The van der Waals surface area contributed by atoms with Gasteiger partial charge >= 0.3 is 0 Å². The van der Waals surface area contributed by atoms with Crippen LogP contribution < -0.4 is 4.72 Å². The fraction of sp³-hybridized carbons (Fsp3) is 0.692. The molecule has 20 heavy (non-hydrogen) atoms. The summed E-state index contributed by atoms with van der Waals surface area (Å²) in [6.07, 6.45) is 0.814. The van der Waals surface area contributed by atoms with Gasteiger partial charge in [-0.3, -0.25) is 0 Å². The first-order valence-electron chi connectivity index (χ1n) is 6.74. The van der Waals surface area contributed by atoms with Crippen molar-refractivity contribution in [2.45, 2.75) is 37.8 Å². The number of hydrogen-bond donors (Lipinski definition) is 2. The van der Waals surface area contributed by atoms with Gasteiger partial charge in [0.15, 0.2) is 0 Å². The Morgan fingerprint density at radius 1 is 1.55 bits per heavy atom. The first-order valence-corrected chi connectivity index (χ1v) is 9.10. The topological polar surface area (TPSA) is 69.6 Å². The van der Waals surface area contributed by atoms with Crippen molar-refractivity contribution in [3.63, 3.8) is 0 Å². The van der Waals surface area contributed by atoms with Gasteiger partial charge in [-0.05, 0) is 43.8 Å². The average Bonchev–Trinajstić information content (AvgIpc) is 2.75. The fourth-order valence-corrected chi connectivity index (χ4v) is 5.79. The molecule has 7 heteroatoms. The maximum atomic E-state index is 12.6. The van der Waals surface area contributed by atoms with Gasteiger partial charge in [-0.25, -0.2) is 13.1 Å². The van der Waals surface area contributed by atoms with E-state index in [1.54, 1.807) is 12.3 Å². The molecule has 2 rings (SSSR count). The summed E-state index contributed by atoms with van der Waals surface area (Å²) in [6, 6.07) is -0.0398. The summed E-state index contributed by atoms with van der Waals surface area (Å²) in [4.78, 5) is 2.98. The second kappa shape index (κ2) is 6.11. The molecule has 0 aliphatic carbocycles. The van der Waals surface area contributed by atoms with Gasteiger partial charge in [-0.2, -0.15) is 0 Å². The van der Waals surface area contributed by atoms with Gasteiger partial charge in [0.1, 0.15) is 4.90 Å². The summed E-state index contributed by atoms with van der Waals surface area (Å²) in [5.41, 5.74) is 0.701. The molecule has 1 aliphatic heterocycles. The molecule has 0 radical (unpaired) electrons. The number of aliphatic hydroxyl groups excluding tert-OH is 1. The van der Waals surface area contributed by atoms with Gasteiger partial charge in [0.05, 0.1) is 11.5 Å². The van der Waals surface area contributed by atoms with Crippen LogP contribution in [-0.2, 0) is 16.6 Å². The first-order chi connectivity index (χ1) is 9.35. The van der Waals surface area contributed by atoms with Gasteiger partial charge in [0.25, 0.3) is 0 Å². The van der Waals surface area contributed by atoms with Crippen molar-refractivity contribution in [2.75, 3.05) is 20.1 Å². The zero-order valence-electron chi connectivity index (χ0n) is 12.1. The van der Waals surface area contributed by atoms with E-state index in [0.717, 1.165) is 19.5 Å². The van der Waals surface area contributed by atoms with Gasteiger partial charge in [0, 0.05) is 12.6 Å². The Balaban J connectivity index is 2.21. The Morgan fingerprint density at radius 3 is 2.85 bits per heavy atom. The summed E-state index contributed by atoms with van der Waals surface area (Å²) in [5, 5.41) is 11.1. The number of aliphatic hydroxyl groups is 1. The SMILES string of the molecule is Cc1csc(CO)c1S(=O)(=O)NC1CCN(C)CC1C. The first kappa shape index (κ1) is 15.9. The Morgan fingerprint density at radius 2 is 2.25 bits per heavy atom. The quantitative estimate of drug-likeness (QED) is 0.874. The molecule has 2 atom stereocenters. The molecule has 1 aromatic heterocycles. The molecule has 114 valence electrons. The highest BCUT2D eigenvalue weighted by Gasteiger charge is 2.31. The van der Waals surface area contributed by atoms with Gasteiger partial charge < -0.3 is 10.0 Å². The van der Waals surface area contributed by atoms with Crippen molar-refractivity contribution >= 4 is 21.4 Å². The molecule has 1 saturated heterocycles. The molecule has 1 aliphatic rings. The lowest BCUT2D eigenvalue weighted by atomic mass is 9.95. The Labute approximate surface area is 124 Å². The predicted molar refractivity (Wildman–Crippen MR) is 80.4 cm³/mol. The summed E-state index contributed by atoms with van der Waals surface area (Å²) in [7, 11) is -1.51. The van der Waals surface area contributed by atoms with Crippen LogP contribution in [0.15, 0.2) is 10.3 Å². The second-order valence-electron chi connectivity index (χ2n) is 5.59. The fourth-order valence-electron chi connectivity index (χ4n) is 2.74. The molecular weight excluding hydrogens is 296 g/mol. The third kappa shape index (κ3) is 3.23. The standard InChI is InChI=1S/C13H22N2O3S2/c1-9-6-15(3)5-4-11(9)14-20(17,18)13-10(2)8-19-12(13)7-16/h8-9,11,14,16H,4-7H2,1-3H3. The van der Waals surface area contributed by atoms with Crippen LogP contribution in [0.4, 0.5) is 0 Å². The van der Waals surface area contributed by atoms with Gasteiger partial charge in [0.2, 0.25) is 10.0 Å². The lowest BCUT2D eigenvalue weighted by molar-refractivity contribution is 0.188. The average molecular weight is 318 g/mol. The number of likely N-dealkylation sites (tertiary alicyclic amines) is 1. The largest absolute Gasteiger partial charge is 0.391 e. The molecule has 0 saturated carbocycles. The van der Waals surface area contributed by atoms with Crippen LogP contribution in [0.2, 0.25) is 0 Å². The lowest BCUT2D eigenvalue weighted by Gasteiger charge is -2.35. The summed E-state index contributed by atoms with van der Waals surface area (Å²) in [5.74, 6) is 0.278. The monoisotopic (exact) mass is 318 g/mol. The van der Waals surface area contributed by atoms with E-state index in [9.17, 15) is 13.5 Å². The molecule has 2 heterocycles. The zero-order chi connectivity index (χ0) is 14.9. The third-order valence-corrected chi connectivity index (χ3v) is 6.75. The number of hydrogen-bond acceptors (Lipinski definition) is 5. The van der Waals surface area contributed by atoms with Gasteiger partial charge in [-0.1, -0.05) is 6.92 Å². The maximum absolute atomic E-state index is 12.6. The molecule has 1 fully saturated rings. The van der Waals surface area contributed by atoms with Crippen LogP contribution in [0, 0.1) is 12.8 Å². The normalized spacial score (nSPS) is 25.0. The third-order valence-electron chi connectivity index (χ3n) is 3.82. The molecular formula is C13H22N2O3S2. The number of nitrogens with one attached hydrogen (secondary N) is 1. The van der Waals surface area contributed by atoms with Gasteiger partial charge in [-0.15, -0.1) is 11.3 Å². The van der Waals surface area contributed by atoms with E-state index in [-0.39, 0.29) is 23.5 Å². The minimum atomic E-state index is -3.56. The van der Waals surface area contributed by atoms with Crippen LogP contribution in [0.3, 0.4) is 0 Å². The molecule has 0 bridgehead atoms. The van der Waals surface area contributed by atoms with Crippen molar-refractivity contribution < 1.29 is 13.5 Å². The Hall–Kier alpha value is -0.470. The summed E-state index contributed by atoms with van der Waals surface area (Å²) >= 11 is 1.29. The molecule has 2 unspecified atom stereocenters. The minimum Gasteiger partial charge on any atom is -0.391 e. The van der Waals surface area contributed by atoms with E-state index in [1.165, 1.54) is 11.3 Å². The molecule has 0 amide bonds. The molecule has 0 aromatic carbocycles. The molecule has 2 N–H and O–H groups in total. The van der Waals surface area contributed by atoms with E-state index >= 15 is 0 Å². The Bertz CT molecular complexity index is 568. The highest BCUT2D eigenvalue weighted by molar-refractivity contribution is 7.89. The number of nitrogens with zero attached hydrogens (tertiary/aromatic N) is 1. The number of sulfonamides is 1. The number of rotatable bonds is 4. The van der Waals surface area contributed by atoms with E-state index in [1.807, 2.05) is 7.05 Å². The van der Waals surface area contributed by atoms with Crippen LogP contribution in [0.25, 0.3) is 0 Å². The van der Waals surface area contributed by atoms with Crippen molar-refractivity contribution in [1.29, 1.82) is 0 Å². The molecule has 1 aromatic rings. The summed E-state index contributed by atoms with van der Waals surface area (Å²) < 4.78 is 27.9. The minimum absolute atomic E-state index is 0.0398. The molecule has 0 spiro atoms. The van der Waals surface area contributed by atoms with Crippen molar-refractivity contribution in [2.24, 2.45) is 5.92 Å². The zero-order valence-corrected chi connectivity index (χ0v) is 13.7. The van der Waals surface area contributed by atoms with E-state index in [0.29, 0.717) is 10.4 Å². The number of piperidine rings is 1. The number of thiophene rings is 1. The van der Waals surface area contributed by atoms with Crippen LogP contribution in [-0.4, -0.2) is 44.6 Å². The van der Waals surface area contributed by atoms with E-state index in [4.69, 9.17) is 0 Å². The van der Waals surface area contributed by atoms with Crippen LogP contribution >= 0.6 is 11.3 Å². The Kier molecular flexibility index (Phi) is 4.86. The lowest BCUT2D eigenvalue weighted by Crippen LogP contribution is -2.48. The summed E-state index contributed by atoms with van der Waals surface area (Å²) in [6.45, 7) is 5.38. The van der Waals surface area contributed by atoms with E-state index in [2.05, 4.69) is 16.5 Å². The molecule has 5 nitrogen and oxygen atoms in total. The highest BCUT2D eigenvalue weighted by Crippen LogP contribution is 2.28. The van der Waals surface area contributed by atoms with E-state index < -0.39 is 10.0 Å².